The molecular weight excluding hydrogens is 355 g/mol. The Morgan fingerprint density at radius 1 is 1.25 bits per heavy atom. The molecule has 2 aromatic rings. The molecule has 0 spiro atoms. The van der Waals surface area contributed by atoms with Gasteiger partial charge < -0.3 is 14.8 Å². The van der Waals surface area contributed by atoms with Gasteiger partial charge in [-0.05, 0) is 25.1 Å². The van der Waals surface area contributed by atoms with Gasteiger partial charge in [-0.3, -0.25) is 4.79 Å². The van der Waals surface area contributed by atoms with E-state index in [1.165, 1.54) is 26.3 Å². The maximum Gasteiger partial charge on any atom is 0.340 e. The summed E-state index contributed by atoms with van der Waals surface area (Å²) in [5.74, 6) is -0.613. The standard InChI is InChI=1S/C16H14Cl2N2O4/c1-9(15(21)20-11-4-3-5-12(7-11)23-2)24-16(22)10-6-13(17)14(18)19-8-10/h3-9H,1-2H3,(H,20,21)/t9-/m1/s1. The molecule has 1 heterocycles. The SMILES string of the molecule is COc1cccc(NC(=O)[C@@H](C)OC(=O)c2cnc(Cl)c(Cl)c2)c1. The van der Waals surface area contributed by atoms with E-state index in [-0.39, 0.29) is 15.7 Å². The number of hydrogen-bond donors (Lipinski definition) is 1. The van der Waals surface area contributed by atoms with E-state index in [1.807, 2.05) is 0 Å². The van der Waals surface area contributed by atoms with Gasteiger partial charge in [0.05, 0.1) is 17.7 Å². The van der Waals surface area contributed by atoms with Crippen molar-refractivity contribution in [1.82, 2.24) is 4.98 Å². The van der Waals surface area contributed by atoms with Crippen LogP contribution in [0.15, 0.2) is 36.5 Å². The topological polar surface area (TPSA) is 77.5 Å². The quantitative estimate of drug-likeness (QED) is 0.644. The number of halogens is 2. The van der Waals surface area contributed by atoms with Crippen molar-refractivity contribution < 1.29 is 19.1 Å². The number of pyridine rings is 1. The van der Waals surface area contributed by atoms with Crippen molar-refractivity contribution in [3.05, 3.63) is 52.3 Å². The summed E-state index contributed by atoms with van der Waals surface area (Å²) in [5, 5.41) is 2.84. The summed E-state index contributed by atoms with van der Waals surface area (Å²) < 4.78 is 10.2. The summed E-state index contributed by atoms with van der Waals surface area (Å²) in [7, 11) is 1.52. The van der Waals surface area contributed by atoms with Gasteiger partial charge in [0.15, 0.2) is 6.10 Å². The average Bonchev–Trinajstić information content (AvgIpc) is 2.57. The molecule has 24 heavy (non-hydrogen) atoms. The van der Waals surface area contributed by atoms with E-state index in [1.54, 1.807) is 24.3 Å². The zero-order chi connectivity index (χ0) is 17.7. The normalized spacial score (nSPS) is 11.5. The van der Waals surface area contributed by atoms with Gasteiger partial charge in [0, 0.05) is 18.0 Å². The number of hydrogen-bond acceptors (Lipinski definition) is 5. The molecule has 0 saturated heterocycles. The molecular formula is C16H14Cl2N2O4. The lowest BCUT2D eigenvalue weighted by Crippen LogP contribution is -2.30. The lowest BCUT2D eigenvalue weighted by molar-refractivity contribution is -0.123. The van der Waals surface area contributed by atoms with Crippen LogP contribution in [0.1, 0.15) is 17.3 Å². The van der Waals surface area contributed by atoms with E-state index < -0.39 is 18.0 Å². The maximum atomic E-state index is 12.1. The Morgan fingerprint density at radius 2 is 2.00 bits per heavy atom. The summed E-state index contributed by atoms with van der Waals surface area (Å²) in [6.07, 6.45) is 0.210. The number of ether oxygens (including phenoxy) is 2. The molecule has 6 nitrogen and oxygen atoms in total. The molecule has 0 saturated carbocycles. The van der Waals surface area contributed by atoms with Crippen LogP contribution in [0.25, 0.3) is 0 Å². The number of esters is 1. The minimum absolute atomic E-state index is 0.0806. The molecule has 1 amide bonds. The van der Waals surface area contributed by atoms with Crippen molar-refractivity contribution in [2.45, 2.75) is 13.0 Å². The van der Waals surface area contributed by atoms with Crippen LogP contribution in [0.4, 0.5) is 5.69 Å². The molecule has 1 aromatic heterocycles. The first-order chi connectivity index (χ1) is 11.4. The first kappa shape index (κ1) is 18.0. The lowest BCUT2D eigenvalue weighted by Gasteiger charge is -2.14. The molecule has 0 fully saturated rings. The summed E-state index contributed by atoms with van der Waals surface area (Å²) in [4.78, 5) is 27.9. The Morgan fingerprint density at radius 3 is 2.67 bits per heavy atom. The molecule has 1 N–H and O–H groups in total. The highest BCUT2D eigenvalue weighted by molar-refractivity contribution is 6.41. The molecule has 8 heteroatoms. The van der Waals surface area contributed by atoms with E-state index in [0.29, 0.717) is 11.4 Å². The van der Waals surface area contributed by atoms with Gasteiger partial charge in [0.1, 0.15) is 10.9 Å². The van der Waals surface area contributed by atoms with Crippen LogP contribution in [0.2, 0.25) is 10.2 Å². The predicted octanol–water partition coefficient (Wildman–Crippen LogP) is 3.58. The molecule has 0 unspecified atom stereocenters. The van der Waals surface area contributed by atoms with Crippen LogP contribution in [-0.4, -0.2) is 30.1 Å². The Bertz CT molecular complexity index is 767. The fraction of sp³-hybridized carbons (Fsp3) is 0.188. The van der Waals surface area contributed by atoms with Crippen molar-refractivity contribution in [3.63, 3.8) is 0 Å². The van der Waals surface area contributed by atoms with Crippen molar-refractivity contribution in [2.24, 2.45) is 0 Å². The summed E-state index contributed by atoms with van der Waals surface area (Å²) in [6.45, 7) is 1.46. The van der Waals surface area contributed by atoms with Gasteiger partial charge in [-0.2, -0.15) is 0 Å². The molecule has 0 aliphatic heterocycles. The fourth-order valence-electron chi connectivity index (χ4n) is 1.76. The number of methoxy groups -OCH3 is 1. The number of benzene rings is 1. The van der Waals surface area contributed by atoms with Gasteiger partial charge in [-0.25, -0.2) is 9.78 Å². The molecule has 2 rings (SSSR count). The van der Waals surface area contributed by atoms with Crippen LogP contribution < -0.4 is 10.1 Å². The van der Waals surface area contributed by atoms with Gasteiger partial charge in [0.2, 0.25) is 0 Å². The molecule has 0 aliphatic rings. The Kier molecular flexibility index (Phi) is 6.00. The van der Waals surface area contributed by atoms with Gasteiger partial charge in [-0.1, -0.05) is 29.3 Å². The summed E-state index contributed by atoms with van der Waals surface area (Å²) >= 11 is 11.5. The van der Waals surface area contributed by atoms with Crippen molar-refractivity contribution >= 4 is 40.8 Å². The fourth-order valence-corrected chi connectivity index (χ4v) is 2.03. The third-order valence-corrected chi connectivity index (χ3v) is 3.71. The van der Waals surface area contributed by atoms with E-state index in [4.69, 9.17) is 32.7 Å². The van der Waals surface area contributed by atoms with Crippen molar-refractivity contribution in [3.8, 4) is 5.75 Å². The molecule has 1 atom stereocenters. The van der Waals surface area contributed by atoms with E-state index in [9.17, 15) is 9.59 Å². The van der Waals surface area contributed by atoms with Gasteiger partial charge in [-0.15, -0.1) is 0 Å². The van der Waals surface area contributed by atoms with Crippen molar-refractivity contribution in [2.75, 3.05) is 12.4 Å². The second kappa shape index (κ2) is 7.99. The minimum atomic E-state index is -1.02. The number of rotatable bonds is 5. The van der Waals surface area contributed by atoms with Crippen LogP contribution in [0.3, 0.4) is 0 Å². The minimum Gasteiger partial charge on any atom is -0.497 e. The monoisotopic (exact) mass is 368 g/mol. The molecule has 0 bridgehead atoms. The Labute approximate surface area is 148 Å². The van der Waals surface area contributed by atoms with Gasteiger partial charge >= 0.3 is 5.97 Å². The molecule has 0 aliphatic carbocycles. The van der Waals surface area contributed by atoms with Crippen LogP contribution in [0.5, 0.6) is 5.75 Å². The number of nitrogens with one attached hydrogen (secondary N) is 1. The van der Waals surface area contributed by atoms with E-state index in [0.717, 1.165) is 0 Å². The van der Waals surface area contributed by atoms with Crippen LogP contribution in [-0.2, 0) is 9.53 Å². The Balaban J connectivity index is 1.99. The average molecular weight is 369 g/mol. The third kappa shape index (κ3) is 4.59. The maximum absolute atomic E-state index is 12.1. The summed E-state index contributed by atoms with van der Waals surface area (Å²) in [5.41, 5.74) is 0.629. The Hall–Kier alpha value is -2.31. The second-order valence-corrected chi connectivity index (χ2v) is 5.53. The largest absolute Gasteiger partial charge is 0.497 e. The zero-order valence-corrected chi connectivity index (χ0v) is 14.4. The van der Waals surface area contributed by atoms with E-state index >= 15 is 0 Å². The number of carbonyl (C=O) groups is 2. The van der Waals surface area contributed by atoms with Crippen LogP contribution >= 0.6 is 23.2 Å². The number of anilines is 1. The molecule has 1 aromatic carbocycles. The van der Waals surface area contributed by atoms with Crippen LogP contribution in [0, 0.1) is 0 Å². The highest BCUT2D eigenvalue weighted by Crippen LogP contribution is 2.21. The zero-order valence-electron chi connectivity index (χ0n) is 12.9. The number of nitrogens with zero attached hydrogens (tertiary/aromatic N) is 1. The smallest absolute Gasteiger partial charge is 0.340 e. The van der Waals surface area contributed by atoms with Crippen molar-refractivity contribution in [1.29, 1.82) is 0 Å². The second-order valence-electron chi connectivity index (χ2n) is 4.77. The molecule has 126 valence electrons. The highest BCUT2D eigenvalue weighted by atomic mass is 35.5. The number of aromatic nitrogens is 1. The number of amides is 1. The van der Waals surface area contributed by atoms with Gasteiger partial charge in [0.25, 0.3) is 5.91 Å². The third-order valence-electron chi connectivity index (χ3n) is 3.02. The number of carbonyl (C=O) groups excluding carboxylic acids is 2. The lowest BCUT2D eigenvalue weighted by atomic mass is 10.2. The predicted molar refractivity (Wildman–Crippen MR) is 90.8 cm³/mol. The first-order valence-corrected chi connectivity index (χ1v) is 7.63. The highest BCUT2D eigenvalue weighted by Gasteiger charge is 2.20. The molecule has 0 radical (unpaired) electrons. The summed E-state index contributed by atoms with van der Waals surface area (Å²) in [6, 6.07) is 8.14. The first-order valence-electron chi connectivity index (χ1n) is 6.87. The van der Waals surface area contributed by atoms with E-state index in [2.05, 4.69) is 10.3 Å².